The number of halogens is 2. The Labute approximate surface area is 118 Å². The second-order valence-corrected chi connectivity index (χ2v) is 5.32. The van der Waals surface area contributed by atoms with E-state index in [9.17, 15) is 0 Å². The van der Waals surface area contributed by atoms with Crippen LogP contribution >= 0.6 is 23.2 Å². The Hall–Kier alpha value is -0.740. The van der Waals surface area contributed by atoms with Crippen LogP contribution in [0.4, 0.5) is 0 Å². The van der Waals surface area contributed by atoms with E-state index < -0.39 is 0 Å². The predicted octanol–water partition coefficient (Wildman–Crippen LogP) is 2.72. The Bertz CT molecular complexity index is 440. The van der Waals surface area contributed by atoms with Crippen molar-refractivity contribution in [2.45, 2.75) is 0 Å². The van der Waals surface area contributed by atoms with E-state index in [1.165, 1.54) is 0 Å². The van der Waals surface area contributed by atoms with E-state index in [2.05, 4.69) is 29.0 Å². The van der Waals surface area contributed by atoms with Crippen molar-refractivity contribution in [3.63, 3.8) is 0 Å². The minimum atomic E-state index is 0.551. The summed E-state index contributed by atoms with van der Waals surface area (Å²) in [5.74, 6) is 0. The lowest BCUT2D eigenvalue weighted by Crippen LogP contribution is -2.49. The largest absolute Gasteiger partial charge is 0.319 e. The standard InChI is InChI=1S/C13H17Cl2N3/c1-10(11-3-4-12(14)13(15)9-11)16-18-7-5-17(2)6-8-18/h3-4,9,16H,1,5-8H2,2H3. The second kappa shape index (κ2) is 5.93. The van der Waals surface area contributed by atoms with E-state index in [1.54, 1.807) is 6.07 Å². The van der Waals surface area contributed by atoms with Crippen LogP contribution in [0.2, 0.25) is 10.0 Å². The maximum absolute atomic E-state index is 6.00. The van der Waals surface area contributed by atoms with E-state index in [4.69, 9.17) is 23.2 Å². The lowest BCUT2D eigenvalue weighted by Gasteiger charge is -2.33. The fourth-order valence-electron chi connectivity index (χ4n) is 1.86. The van der Waals surface area contributed by atoms with Crippen LogP contribution in [0.3, 0.4) is 0 Å². The molecule has 1 aromatic carbocycles. The first-order valence-corrected chi connectivity index (χ1v) is 6.66. The van der Waals surface area contributed by atoms with Gasteiger partial charge in [-0.2, -0.15) is 0 Å². The Kier molecular flexibility index (Phi) is 4.51. The molecular weight excluding hydrogens is 269 g/mol. The molecular formula is C13H17Cl2N3. The molecule has 0 radical (unpaired) electrons. The average molecular weight is 286 g/mol. The van der Waals surface area contributed by atoms with Crippen LogP contribution in [0.15, 0.2) is 24.8 Å². The van der Waals surface area contributed by atoms with Crippen molar-refractivity contribution < 1.29 is 0 Å². The molecule has 2 rings (SSSR count). The number of hydrazine groups is 1. The topological polar surface area (TPSA) is 18.5 Å². The first kappa shape index (κ1) is 13.7. The highest BCUT2D eigenvalue weighted by molar-refractivity contribution is 6.42. The molecule has 5 heteroatoms. The van der Waals surface area contributed by atoms with E-state index in [1.807, 2.05) is 12.1 Å². The molecule has 1 aromatic rings. The van der Waals surface area contributed by atoms with Gasteiger partial charge >= 0.3 is 0 Å². The lowest BCUT2D eigenvalue weighted by molar-refractivity contribution is 0.127. The molecule has 0 aromatic heterocycles. The van der Waals surface area contributed by atoms with Crippen molar-refractivity contribution in [3.8, 4) is 0 Å². The summed E-state index contributed by atoms with van der Waals surface area (Å²) in [6.45, 7) is 8.12. The van der Waals surface area contributed by atoms with Gasteiger partial charge in [-0.15, -0.1) is 0 Å². The third kappa shape index (κ3) is 3.39. The summed E-state index contributed by atoms with van der Waals surface area (Å²) in [6, 6.07) is 5.53. The van der Waals surface area contributed by atoms with E-state index in [-0.39, 0.29) is 0 Å². The summed E-state index contributed by atoms with van der Waals surface area (Å²) in [7, 11) is 2.13. The Morgan fingerprint density at radius 1 is 1.17 bits per heavy atom. The minimum Gasteiger partial charge on any atom is -0.319 e. The third-order valence-corrected chi connectivity index (χ3v) is 3.80. The summed E-state index contributed by atoms with van der Waals surface area (Å²) in [5.41, 5.74) is 5.12. The monoisotopic (exact) mass is 285 g/mol. The average Bonchev–Trinajstić information content (AvgIpc) is 2.35. The normalized spacial score (nSPS) is 17.7. The highest BCUT2D eigenvalue weighted by Gasteiger charge is 2.14. The van der Waals surface area contributed by atoms with Crippen molar-refractivity contribution in [3.05, 3.63) is 40.4 Å². The van der Waals surface area contributed by atoms with E-state index in [0.29, 0.717) is 10.0 Å². The van der Waals surface area contributed by atoms with Crippen LogP contribution in [-0.4, -0.2) is 43.1 Å². The Morgan fingerprint density at radius 2 is 1.83 bits per heavy atom. The fraction of sp³-hybridized carbons (Fsp3) is 0.385. The molecule has 1 aliphatic rings. The zero-order chi connectivity index (χ0) is 13.1. The van der Waals surface area contributed by atoms with Gasteiger partial charge in [-0.1, -0.05) is 35.8 Å². The summed E-state index contributed by atoms with van der Waals surface area (Å²) >= 11 is 11.9. The molecule has 0 amide bonds. The maximum Gasteiger partial charge on any atom is 0.0599 e. The third-order valence-electron chi connectivity index (χ3n) is 3.06. The minimum absolute atomic E-state index is 0.551. The van der Waals surface area contributed by atoms with Crippen molar-refractivity contribution in [1.29, 1.82) is 0 Å². The molecule has 1 fully saturated rings. The summed E-state index contributed by atoms with van der Waals surface area (Å²) in [5, 5.41) is 3.29. The van der Waals surface area contributed by atoms with Crippen molar-refractivity contribution in [2.24, 2.45) is 0 Å². The van der Waals surface area contributed by atoms with Crippen LogP contribution in [0.1, 0.15) is 5.56 Å². The van der Waals surface area contributed by atoms with Gasteiger partial charge in [0.05, 0.1) is 10.0 Å². The molecule has 1 N–H and O–H groups in total. The molecule has 0 bridgehead atoms. The van der Waals surface area contributed by atoms with Gasteiger partial charge in [0.15, 0.2) is 0 Å². The molecule has 0 spiro atoms. The number of rotatable bonds is 3. The molecule has 1 aliphatic heterocycles. The molecule has 1 heterocycles. The van der Waals surface area contributed by atoms with E-state index in [0.717, 1.165) is 37.4 Å². The number of benzene rings is 1. The Balaban J connectivity index is 1.97. The number of likely N-dealkylation sites (N-methyl/N-ethyl adjacent to an activating group) is 1. The number of hydrogen-bond donors (Lipinski definition) is 1. The van der Waals surface area contributed by atoms with Gasteiger partial charge in [-0.25, -0.2) is 5.01 Å². The fourth-order valence-corrected chi connectivity index (χ4v) is 2.16. The summed E-state index contributed by atoms with van der Waals surface area (Å²) in [6.07, 6.45) is 0. The highest BCUT2D eigenvalue weighted by atomic mass is 35.5. The van der Waals surface area contributed by atoms with Crippen LogP contribution in [0, 0.1) is 0 Å². The molecule has 0 saturated carbocycles. The van der Waals surface area contributed by atoms with Crippen LogP contribution in [0.25, 0.3) is 5.70 Å². The second-order valence-electron chi connectivity index (χ2n) is 4.51. The molecule has 98 valence electrons. The Morgan fingerprint density at radius 3 is 2.44 bits per heavy atom. The zero-order valence-electron chi connectivity index (χ0n) is 10.4. The zero-order valence-corrected chi connectivity index (χ0v) is 11.9. The van der Waals surface area contributed by atoms with Gasteiger partial charge in [0.1, 0.15) is 0 Å². The van der Waals surface area contributed by atoms with Crippen LogP contribution < -0.4 is 5.43 Å². The summed E-state index contributed by atoms with van der Waals surface area (Å²) in [4.78, 5) is 2.31. The van der Waals surface area contributed by atoms with Gasteiger partial charge in [0.25, 0.3) is 0 Å². The number of hydrogen-bond acceptors (Lipinski definition) is 3. The molecule has 1 saturated heterocycles. The van der Waals surface area contributed by atoms with E-state index >= 15 is 0 Å². The molecule has 0 atom stereocenters. The smallest absolute Gasteiger partial charge is 0.0599 e. The highest BCUT2D eigenvalue weighted by Crippen LogP contribution is 2.24. The SMILES string of the molecule is C=C(NN1CCN(C)CC1)c1ccc(Cl)c(Cl)c1. The van der Waals surface area contributed by atoms with Gasteiger partial charge in [-0.05, 0) is 24.7 Å². The van der Waals surface area contributed by atoms with Crippen LogP contribution in [0.5, 0.6) is 0 Å². The van der Waals surface area contributed by atoms with Crippen LogP contribution in [-0.2, 0) is 0 Å². The van der Waals surface area contributed by atoms with Gasteiger partial charge in [0.2, 0.25) is 0 Å². The number of nitrogens with one attached hydrogen (secondary N) is 1. The molecule has 0 unspecified atom stereocenters. The number of piperazine rings is 1. The van der Waals surface area contributed by atoms with Crippen molar-refractivity contribution in [1.82, 2.24) is 15.3 Å². The maximum atomic E-state index is 6.00. The lowest BCUT2D eigenvalue weighted by atomic mass is 10.2. The first-order chi connectivity index (χ1) is 8.56. The molecule has 0 aliphatic carbocycles. The molecule has 18 heavy (non-hydrogen) atoms. The predicted molar refractivity (Wildman–Crippen MR) is 77.7 cm³/mol. The van der Waals surface area contributed by atoms with Gasteiger partial charge in [0, 0.05) is 31.9 Å². The van der Waals surface area contributed by atoms with Crippen molar-refractivity contribution >= 4 is 28.9 Å². The summed E-state index contributed by atoms with van der Waals surface area (Å²) < 4.78 is 0. The quantitative estimate of drug-likeness (QED) is 0.921. The first-order valence-electron chi connectivity index (χ1n) is 5.91. The van der Waals surface area contributed by atoms with Gasteiger partial charge < -0.3 is 10.3 Å². The molecule has 3 nitrogen and oxygen atoms in total. The van der Waals surface area contributed by atoms with Gasteiger partial charge in [-0.3, -0.25) is 0 Å². The van der Waals surface area contributed by atoms with Crippen molar-refractivity contribution in [2.75, 3.05) is 33.2 Å². The number of nitrogens with zero attached hydrogens (tertiary/aromatic N) is 2.